The lowest BCUT2D eigenvalue weighted by atomic mass is 10.2. The van der Waals surface area contributed by atoms with Crippen molar-refractivity contribution in [1.82, 2.24) is 4.98 Å². The van der Waals surface area contributed by atoms with Crippen molar-refractivity contribution in [2.75, 3.05) is 22.7 Å². The molecule has 24 heavy (non-hydrogen) atoms. The van der Waals surface area contributed by atoms with Gasteiger partial charge in [0, 0.05) is 13.1 Å². The average Bonchev–Trinajstić information content (AvgIpc) is 2.84. The third-order valence-corrected chi connectivity index (χ3v) is 5.61. The zero-order valence-corrected chi connectivity index (χ0v) is 14.7. The van der Waals surface area contributed by atoms with E-state index in [4.69, 9.17) is 0 Å². The lowest BCUT2D eigenvalue weighted by Crippen LogP contribution is -2.24. The monoisotopic (exact) mass is 345 g/mol. The Hall–Kier alpha value is -2.08. The summed E-state index contributed by atoms with van der Waals surface area (Å²) in [5.74, 6) is 0.343. The summed E-state index contributed by atoms with van der Waals surface area (Å²) in [4.78, 5) is 6.85. The molecule has 0 atom stereocenters. The van der Waals surface area contributed by atoms with E-state index in [1.54, 1.807) is 30.5 Å². The van der Waals surface area contributed by atoms with Crippen molar-refractivity contribution in [2.45, 2.75) is 37.5 Å². The van der Waals surface area contributed by atoms with Crippen LogP contribution in [0.5, 0.6) is 0 Å². The maximum absolute atomic E-state index is 12.4. The van der Waals surface area contributed by atoms with Gasteiger partial charge in [-0.1, -0.05) is 25.0 Å². The van der Waals surface area contributed by atoms with Gasteiger partial charge in [0.1, 0.15) is 5.82 Å². The highest BCUT2D eigenvalue weighted by molar-refractivity contribution is 7.92. The Morgan fingerprint density at radius 2 is 1.79 bits per heavy atom. The summed E-state index contributed by atoms with van der Waals surface area (Å²) in [7, 11) is -3.61. The van der Waals surface area contributed by atoms with Crippen molar-refractivity contribution >= 4 is 21.5 Å². The molecular formula is C18H23N3O2S. The summed E-state index contributed by atoms with van der Waals surface area (Å²) < 4.78 is 27.4. The number of aromatic nitrogens is 1. The fourth-order valence-electron chi connectivity index (χ4n) is 2.94. The summed E-state index contributed by atoms with van der Waals surface area (Å²) in [5.41, 5.74) is 1.96. The molecule has 0 aliphatic carbocycles. The fourth-order valence-corrected chi connectivity index (χ4v) is 4.05. The van der Waals surface area contributed by atoms with E-state index in [1.165, 1.54) is 25.7 Å². The predicted molar refractivity (Wildman–Crippen MR) is 96.9 cm³/mol. The molecule has 1 aliphatic rings. The van der Waals surface area contributed by atoms with Crippen LogP contribution in [0, 0.1) is 6.92 Å². The SMILES string of the molecule is Cc1cccc(S(=O)(=O)Nc2ccc(N3CCCCCC3)cn2)c1. The van der Waals surface area contributed by atoms with Crippen LogP contribution in [0.4, 0.5) is 11.5 Å². The predicted octanol–water partition coefficient (Wildman–Crippen LogP) is 3.57. The number of nitrogens with zero attached hydrogens (tertiary/aromatic N) is 2. The second-order valence-electron chi connectivity index (χ2n) is 6.22. The molecule has 3 rings (SSSR count). The Labute approximate surface area is 143 Å². The Bertz CT molecular complexity index is 780. The minimum Gasteiger partial charge on any atom is -0.370 e. The molecule has 2 aromatic rings. The van der Waals surface area contributed by atoms with Crippen LogP contribution in [0.3, 0.4) is 0 Å². The van der Waals surface area contributed by atoms with E-state index in [1.807, 2.05) is 19.1 Å². The summed E-state index contributed by atoms with van der Waals surface area (Å²) in [6.07, 6.45) is 6.69. The number of pyridine rings is 1. The highest BCUT2D eigenvalue weighted by Crippen LogP contribution is 2.21. The van der Waals surface area contributed by atoms with E-state index in [2.05, 4.69) is 14.6 Å². The van der Waals surface area contributed by atoms with Gasteiger partial charge in [0.25, 0.3) is 10.0 Å². The van der Waals surface area contributed by atoms with Crippen LogP contribution < -0.4 is 9.62 Å². The lowest BCUT2D eigenvalue weighted by Gasteiger charge is -2.22. The zero-order chi connectivity index (χ0) is 17.0. The molecule has 1 N–H and O–H groups in total. The molecule has 1 saturated heterocycles. The van der Waals surface area contributed by atoms with Gasteiger partial charge < -0.3 is 4.90 Å². The number of anilines is 2. The zero-order valence-electron chi connectivity index (χ0n) is 13.9. The Morgan fingerprint density at radius 1 is 1.04 bits per heavy atom. The molecule has 6 heteroatoms. The molecule has 0 unspecified atom stereocenters. The third kappa shape index (κ3) is 4.06. The molecule has 128 valence electrons. The molecule has 1 aliphatic heterocycles. The van der Waals surface area contributed by atoms with Gasteiger partial charge in [0.05, 0.1) is 16.8 Å². The second-order valence-corrected chi connectivity index (χ2v) is 7.91. The number of hydrogen-bond donors (Lipinski definition) is 1. The van der Waals surface area contributed by atoms with Gasteiger partial charge in [-0.2, -0.15) is 0 Å². The topological polar surface area (TPSA) is 62.3 Å². The van der Waals surface area contributed by atoms with E-state index >= 15 is 0 Å². The van der Waals surface area contributed by atoms with E-state index < -0.39 is 10.0 Å². The van der Waals surface area contributed by atoms with Crippen molar-refractivity contribution in [3.05, 3.63) is 48.2 Å². The third-order valence-electron chi connectivity index (χ3n) is 4.26. The molecule has 0 bridgehead atoms. The van der Waals surface area contributed by atoms with Crippen LogP contribution in [0.2, 0.25) is 0 Å². The summed E-state index contributed by atoms with van der Waals surface area (Å²) in [6.45, 7) is 3.94. The average molecular weight is 345 g/mol. The van der Waals surface area contributed by atoms with Crippen LogP contribution in [0.25, 0.3) is 0 Å². The summed E-state index contributed by atoms with van der Waals surface area (Å²) in [5, 5.41) is 0. The van der Waals surface area contributed by atoms with E-state index in [-0.39, 0.29) is 4.90 Å². The second kappa shape index (κ2) is 7.21. The number of sulfonamides is 1. The maximum atomic E-state index is 12.4. The van der Waals surface area contributed by atoms with Crippen molar-refractivity contribution in [3.8, 4) is 0 Å². The Morgan fingerprint density at radius 3 is 2.42 bits per heavy atom. The lowest BCUT2D eigenvalue weighted by molar-refractivity contribution is 0.601. The molecule has 0 spiro atoms. The molecule has 0 amide bonds. The molecule has 1 fully saturated rings. The quantitative estimate of drug-likeness (QED) is 0.920. The first kappa shape index (κ1) is 16.8. The normalized spacial score (nSPS) is 15.8. The first-order chi connectivity index (χ1) is 11.5. The molecule has 2 heterocycles. The van der Waals surface area contributed by atoms with Gasteiger partial charge in [-0.05, 0) is 49.6 Å². The minimum absolute atomic E-state index is 0.251. The van der Waals surface area contributed by atoms with Gasteiger partial charge in [0.15, 0.2) is 0 Å². The van der Waals surface area contributed by atoms with Crippen LogP contribution in [-0.2, 0) is 10.0 Å². The Balaban J connectivity index is 1.74. The molecular weight excluding hydrogens is 322 g/mol. The highest BCUT2D eigenvalue weighted by Gasteiger charge is 2.15. The van der Waals surface area contributed by atoms with Gasteiger partial charge in [-0.25, -0.2) is 13.4 Å². The van der Waals surface area contributed by atoms with E-state index in [9.17, 15) is 8.42 Å². The van der Waals surface area contributed by atoms with E-state index in [0.29, 0.717) is 5.82 Å². The van der Waals surface area contributed by atoms with Gasteiger partial charge in [-0.3, -0.25) is 4.72 Å². The van der Waals surface area contributed by atoms with Gasteiger partial charge in [0.2, 0.25) is 0 Å². The van der Waals surface area contributed by atoms with Crippen molar-refractivity contribution in [1.29, 1.82) is 0 Å². The van der Waals surface area contributed by atoms with Crippen LogP contribution in [0.1, 0.15) is 31.2 Å². The number of benzene rings is 1. The molecule has 5 nitrogen and oxygen atoms in total. The molecule has 0 saturated carbocycles. The van der Waals surface area contributed by atoms with Crippen molar-refractivity contribution in [3.63, 3.8) is 0 Å². The minimum atomic E-state index is -3.61. The van der Waals surface area contributed by atoms with Crippen LogP contribution >= 0.6 is 0 Å². The Kier molecular flexibility index (Phi) is 5.04. The number of nitrogens with one attached hydrogen (secondary N) is 1. The molecule has 1 aromatic heterocycles. The first-order valence-electron chi connectivity index (χ1n) is 8.35. The standard InChI is InChI=1S/C18H23N3O2S/c1-15-7-6-8-17(13-15)24(22,23)20-18-10-9-16(14-19-18)21-11-4-2-3-5-12-21/h6-10,13-14H,2-5,11-12H2,1H3,(H,19,20). The largest absolute Gasteiger partial charge is 0.370 e. The van der Waals surface area contributed by atoms with E-state index in [0.717, 1.165) is 24.3 Å². The number of hydrogen-bond acceptors (Lipinski definition) is 4. The number of rotatable bonds is 4. The number of aryl methyl sites for hydroxylation is 1. The van der Waals surface area contributed by atoms with Crippen LogP contribution in [-0.4, -0.2) is 26.5 Å². The van der Waals surface area contributed by atoms with Gasteiger partial charge >= 0.3 is 0 Å². The maximum Gasteiger partial charge on any atom is 0.263 e. The molecule has 0 radical (unpaired) electrons. The smallest absolute Gasteiger partial charge is 0.263 e. The van der Waals surface area contributed by atoms with Crippen molar-refractivity contribution < 1.29 is 8.42 Å². The molecule has 1 aromatic carbocycles. The van der Waals surface area contributed by atoms with Gasteiger partial charge in [-0.15, -0.1) is 0 Å². The van der Waals surface area contributed by atoms with Crippen molar-refractivity contribution in [2.24, 2.45) is 0 Å². The van der Waals surface area contributed by atoms with Crippen LogP contribution in [0.15, 0.2) is 47.5 Å². The summed E-state index contributed by atoms with van der Waals surface area (Å²) >= 11 is 0. The fraction of sp³-hybridized carbons (Fsp3) is 0.389. The summed E-state index contributed by atoms with van der Waals surface area (Å²) in [6, 6.07) is 10.5. The first-order valence-corrected chi connectivity index (χ1v) is 9.83. The highest BCUT2D eigenvalue weighted by atomic mass is 32.2.